The van der Waals surface area contributed by atoms with Crippen LogP contribution >= 0.6 is 0 Å². The molecule has 1 heterocycles. The fraction of sp³-hybridized carbons (Fsp3) is 0.571. The number of likely N-dealkylation sites (tertiary alicyclic amines) is 1. The summed E-state index contributed by atoms with van der Waals surface area (Å²) in [6.07, 6.45) is 2.16. The van der Waals surface area contributed by atoms with Crippen LogP contribution < -0.4 is 5.73 Å². The lowest BCUT2D eigenvalue weighted by molar-refractivity contribution is -0.0526. The van der Waals surface area contributed by atoms with Crippen molar-refractivity contribution >= 4 is 5.69 Å². The maximum Gasteiger partial charge on any atom is 0.123 e. The van der Waals surface area contributed by atoms with Gasteiger partial charge in [0.2, 0.25) is 0 Å². The molecule has 0 spiro atoms. The number of nitrogen functional groups attached to an aromatic ring is 1. The van der Waals surface area contributed by atoms with Crippen molar-refractivity contribution in [3.8, 4) is 0 Å². The predicted octanol–water partition coefficient (Wildman–Crippen LogP) is 2.41. The van der Waals surface area contributed by atoms with E-state index in [1.165, 1.54) is 12.1 Å². The van der Waals surface area contributed by atoms with Crippen molar-refractivity contribution in [2.24, 2.45) is 0 Å². The van der Waals surface area contributed by atoms with Gasteiger partial charge < -0.3 is 10.5 Å². The van der Waals surface area contributed by atoms with E-state index in [2.05, 4.69) is 11.8 Å². The fourth-order valence-corrected chi connectivity index (χ4v) is 2.56. The average molecular weight is 252 g/mol. The maximum atomic E-state index is 13.2. The molecule has 0 aromatic heterocycles. The van der Waals surface area contributed by atoms with Gasteiger partial charge in [-0.2, -0.15) is 0 Å². The zero-order chi connectivity index (χ0) is 13.2. The van der Waals surface area contributed by atoms with Gasteiger partial charge in [0.1, 0.15) is 5.82 Å². The Morgan fingerprint density at radius 2 is 2.28 bits per heavy atom. The molecular weight excluding hydrogens is 231 g/mol. The predicted molar refractivity (Wildman–Crippen MR) is 70.7 cm³/mol. The first-order chi connectivity index (χ1) is 8.52. The van der Waals surface area contributed by atoms with Crippen molar-refractivity contribution < 1.29 is 9.13 Å². The van der Waals surface area contributed by atoms with Gasteiger partial charge in [0.15, 0.2) is 0 Å². The van der Waals surface area contributed by atoms with E-state index in [4.69, 9.17) is 10.5 Å². The average Bonchev–Trinajstić information content (AvgIpc) is 2.34. The lowest BCUT2D eigenvalue weighted by Crippen LogP contribution is -2.46. The number of halogens is 1. The Kier molecular flexibility index (Phi) is 3.88. The van der Waals surface area contributed by atoms with E-state index in [-0.39, 0.29) is 11.4 Å². The van der Waals surface area contributed by atoms with Crippen molar-refractivity contribution in [1.82, 2.24) is 4.90 Å². The third-order valence-corrected chi connectivity index (χ3v) is 3.73. The van der Waals surface area contributed by atoms with Crippen LogP contribution in [0.25, 0.3) is 0 Å². The second-order valence-corrected chi connectivity index (χ2v) is 5.31. The molecule has 18 heavy (non-hydrogen) atoms. The number of piperidine rings is 1. The molecule has 1 fully saturated rings. The Bertz CT molecular complexity index is 424. The standard InChI is InChI=1S/C14H21FN2O/c1-14(18-2)6-3-7-17(10-14)9-11-8-12(15)4-5-13(11)16/h4-5,8H,3,6-7,9-10,16H2,1-2H3. The highest BCUT2D eigenvalue weighted by Crippen LogP contribution is 2.26. The van der Waals surface area contributed by atoms with Crippen LogP contribution in [-0.2, 0) is 11.3 Å². The molecule has 100 valence electrons. The van der Waals surface area contributed by atoms with Gasteiger partial charge in [0.05, 0.1) is 5.60 Å². The molecule has 1 atom stereocenters. The summed E-state index contributed by atoms with van der Waals surface area (Å²) in [5, 5.41) is 0. The van der Waals surface area contributed by atoms with Crippen LogP contribution in [-0.4, -0.2) is 30.7 Å². The number of nitrogens with zero attached hydrogens (tertiary/aromatic N) is 1. The van der Waals surface area contributed by atoms with Crippen LogP contribution in [0.4, 0.5) is 10.1 Å². The second-order valence-electron chi connectivity index (χ2n) is 5.31. The minimum absolute atomic E-state index is 0.0969. The number of nitrogens with two attached hydrogens (primary N) is 1. The summed E-state index contributed by atoms with van der Waals surface area (Å²) in [6, 6.07) is 4.55. The maximum absolute atomic E-state index is 13.2. The Morgan fingerprint density at radius 1 is 1.50 bits per heavy atom. The van der Waals surface area contributed by atoms with E-state index in [0.717, 1.165) is 31.5 Å². The van der Waals surface area contributed by atoms with E-state index >= 15 is 0 Å². The van der Waals surface area contributed by atoms with Crippen LogP contribution in [0.3, 0.4) is 0 Å². The second kappa shape index (κ2) is 5.24. The molecule has 3 nitrogen and oxygen atoms in total. The van der Waals surface area contributed by atoms with Gasteiger partial charge in [0.25, 0.3) is 0 Å². The summed E-state index contributed by atoms with van der Waals surface area (Å²) in [4.78, 5) is 2.28. The fourth-order valence-electron chi connectivity index (χ4n) is 2.56. The van der Waals surface area contributed by atoms with Crippen LogP contribution in [0.1, 0.15) is 25.3 Å². The van der Waals surface area contributed by atoms with Crippen LogP contribution in [0, 0.1) is 5.82 Å². The van der Waals surface area contributed by atoms with Gasteiger partial charge in [-0.1, -0.05) is 0 Å². The summed E-state index contributed by atoms with van der Waals surface area (Å²) < 4.78 is 18.8. The molecule has 1 aromatic rings. The lowest BCUT2D eigenvalue weighted by atomic mass is 9.94. The minimum Gasteiger partial charge on any atom is -0.398 e. The summed E-state index contributed by atoms with van der Waals surface area (Å²) in [5.41, 5.74) is 7.30. The summed E-state index contributed by atoms with van der Waals surface area (Å²) >= 11 is 0. The summed E-state index contributed by atoms with van der Waals surface area (Å²) in [7, 11) is 1.75. The molecule has 2 N–H and O–H groups in total. The number of ether oxygens (including phenoxy) is 1. The third-order valence-electron chi connectivity index (χ3n) is 3.73. The monoisotopic (exact) mass is 252 g/mol. The van der Waals surface area contributed by atoms with E-state index in [1.54, 1.807) is 13.2 Å². The highest BCUT2D eigenvalue weighted by molar-refractivity contribution is 5.46. The molecule has 1 saturated heterocycles. The van der Waals surface area contributed by atoms with Crippen molar-refractivity contribution in [3.05, 3.63) is 29.6 Å². The number of methoxy groups -OCH3 is 1. The summed E-state index contributed by atoms with van der Waals surface area (Å²) in [6.45, 7) is 4.67. The lowest BCUT2D eigenvalue weighted by Gasteiger charge is -2.39. The van der Waals surface area contributed by atoms with E-state index < -0.39 is 0 Å². The van der Waals surface area contributed by atoms with Gasteiger partial charge in [-0.05, 0) is 50.1 Å². The molecular formula is C14H21FN2O. The Labute approximate surface area is 108 Å². The van der Waals surface area contributed by atoms with E-state index in [1.807, 2.05) is 0 Å². The Morgan fingerprint density at radius 3 is 3.00 bits per heavy atom. The molecule has 0 amide bonds. The number of hydrogen-bond donors (Lipinski definition) is 1. The third kappa shape index (κ3) is 3.00. The summed E-state index contributed by atoms with van der Waals surface area (Å²) in [5.74, 6) is -0.231. The van der Waals surface area contributed by atoms with Crippen LogP contribution in [0.2, 0.25) is 0 Å². The molecule has 1 unspecified atom stereocenters. The largest absolute Gasteiger partial charge is 0.398 e. The molecule has 2 rings (SSSR count). The zero-order valence-corrected chi connectivity index (χ0v) is 11.1. The van der Waals surface area contributed by atoms with Crippen molar-refractivity contribution in [3.63, 3.8) is 0 Å². The highest BCUT2D eigenvalue weighted by atomic mass is 19.1. The van der Waals surface area contributed by atoms with E-state index in [9.17, 15) is 4.39 Å². The Balaban J connectivity index is 2.07. The number of hydrogen-bond acceptors (Lipinski definition) is 3. The topological polar surface area (TPSA) is 38.5 Å². The van der Waals surface area contributed by atoms with Gasteiger partial charge >= 0.3 is 0 Å². The first-order valence-electron chi connectivity index (χ1n) is 6.34. The first kappa shape index (κ1) is 13.3. The van der Waals surface area contributed by atoms with Crippen LogP contribution in [0.5, 0.6) is 0 Å². The number of anilines is 1. The molecule has 1 aliphatic heterocycles. The molecule has 0 saturated carbocycles. The zero-order valence-electron chi connectivity index (χ0n) is 11.1. The molecule has 0 radical (unpaired) electrons. The normalized spacial score (nSPS) is 25.3. The van der Waals surface area contributed by atoms with Gasteiger partial charge in [-0.15, -0.1) is 0 Å². The molecule has 0 bridgehead atoms. The van der Waals surface area contributed by atoms with Crippen molar-refractivity contribution in [2.75, 3.05) is 25.9 Å². The van der Waals surface area contributed by atoms with Crippen LogP contribution in [0.15, 0.2) is 18.2 Å². The number of benzene rings is 1. The van der Waals surface area contributed by atoms with Crippen molar-refractivity contribution in [1.29, 1.82) is 0 Å². The molecule has 4 heteroatoms. The number of rotatable bonds is 3. The smallest absolute Gasteiger partial charge is 0.123 e. The van der Waals surface area contributed by atoms with Gasteiger partial charge in [-0.25, -0.2) is 4.39 Å². The highest BCUT2D eigenvalue weighted by Gasteiger charge is 2.30. The van der Waals surface area contributed by atoms with E-state index in [0.29, 0.717) is 12.2 Å². The Hall–Kier alpha value is -1.13. The van der Waals surface area contributed by atoms with Gasteiger partial charge in [0, 0.05) is 25.9 Å². The molecule has 0 aliphatic carbocycles. The quantitative estimate of drug-likeness (QED) is 0.840. The van der Waals surface area contributed by atoms with Crippen molar-refractivity contribution in [2.45, 2.75) is 31.9 Å². The SMILES string of the molecule is COC1(C)CCCN(Cc2cc(F)ccc2N)C1. The van der Waals surface area contributed by atoms with Gasteiger partial charge in [-0.3, -0.25) is 4.90 Å². The first-order valence-corrected chi connectivity index (χ1v) is 6.34. The minimum atomic E-state index is -0.231. The molecule has 1 aliphatic rings. The molecule has 1 aromatic carbocycles.